The topological polar surface area (TPSA) is 72.9 Å². The number of para-hydroxylation sites is 1. The first-order chi connectivity index (χ1) is 13.5. The molecule has 2 aliphatic rings. The zero-order chi connectivity index (χ0) is 19.9. The van der Waals surface area contributed by atoms with Gasteiger partial charge in [-0.15, -0.1) is 0 Å². The molecule has 0 spiro atoms. The Bertz CT molecular complexity index is 673. The Morgan fingerprint density at radius 3 is 2.57 bits per heavy atom. The van der Waals surface area contributed by atoms with E-state index >= 15 is 0 Å². The normalized spacial score (nSPS) is 21.4. The highest BCUT2D eigenvalue weighted by molar-refractivity contribution is 5.99. The lowest BCUT2D eigenvalue weighted by atomic mass is 9.95. The molecule has 28 heavy (non-hydrogen) atoms. The predicted octanol–water partition coefficient (Wildman–Crippen LogP) is 3.44. The molecule has 154 valence electrons. The fourth-order valence-electron chi connectivity index (χ4n) is 4.50. The van der Waals surface area contributed by atoms with Crippen LogP contribution < -0.4 is 5.32 Å². The van der Waals surface area contributed by atoms with Crippen molar-refractivity contribution in [2.45, 2.75) is 63.5 Å². The Morgan fingerprint density at radius 1 is 1.07 bits per heavy atom. The summed E-state index contributed by atoms with van der Waals surface area (Å²) < 4.78 is 0. The zero-order valence-electron chi connectivity index (χ0n) is 16.9. The van der Waals surface area contributed by atoms with Crippen LogP contribution in [-0.4, -0.2) is 65.5 Å². The first kappa shape index (κ1) is 20.6. The summed E-state index contributed by atoms with van der Waals surface area (Å²) in [6.07, 6.45) is 8.80. The lowest BCUT2D eigenvalue weighted by molar-refractivity contribution is -0.138. The Hall–Kier alpha value is -2.08. The van der Waals surface area contributed by atoms with Gasteiger partial charge in [0.05, 0.1) is 12.1 Å². The van der Waals surface area contributed by atoms with E-state index in [-0.39, 0.29) is 18.5 Å². The molecule has 1 saturated heterocycles. The largest absolute Gasteiger partial charge is 0.480 e. The number of rotatable bonds is 6. The van der Waals surface area contributed by atoms with Crippen molar-refractivity contribution in [1.29, 1.82) is 0 Å². The summed E-state index contributed by atoms with van der Waals surface area (Å²) in [6, 6.07) is 8.53. The molecule has 1 aromatic carbocycles. The van der Waals surface area contributed by atoms with Crippen LogP contribution in [-0.2, 0) is 4.79 Å². The van der Waals surface area contributed by atoms with Crippen LogP contribution in [0.1, 0.15) is 61.7 Å². The molecule has 3 rings (SSSR count). The molecule has 0 bridgehead atoms. The minimum absolute atomic E-state index is 0.0484. The van der Waals surface area contributed by atoms with Crippen molar-refractivity contribution in [1.82, 2.24) is 9.80 Å². The van der Waals surface area contributed by atoms with Gasteiger partial charge in [-0.1, -0.05) is 31.4 Å². The van der Waals surface area contributed by atoms with Gasteiger partial charge in [0.2, 0.25) is 0 Å². The fourth-order valence-corrected chi connectivity index (χ4v) is 4.50. The second-order valence-corrected chi connectivity index (χ2v) is 8.21. The SMILES string of the molecule is CN(CC(=O)O)C1CCCN(C(=O)c2ccccc2NC2CCCCC2)CC1. The summed E-state index contributed by atoms with van der Waals surface area (Å²) in [7, 11) is 1.86. The highest BCUT2D eigenvalue weighted by Gasteiger charge is 2.26. The van der Waals surface area contributed by atoms with Crippen molar-refractivity contribution in [3.05, 3.63) is 29.8 Å². The average Bonchev–Trinajstić information content (AvgIpc) is 2.94. The molecule has 2 fully saturated rings. The van der Waals surface area contributed by atoms with E-state index in [1.165, 1.54) is 32.1 Å². The molecule has 1 amide bonds. The van der Waals surface area contributed by atoms with Crippen molar-refractivity contribution in [2.75, 3.05) is 32.0 Å². The van der Waals surface area contributed by atoms with E-state index in [0.29, 0.717) is 12.6 Å². The average molecular weight is 388 g/mol. The van der Waals surface area contributed by atoms with E-state index in [0.717, 1.165) is 37.1 Å². The Labute approximate surface area is 167 Å². The van der Waals surface area contributed by atoms with E-state index < -0.39 is 5.97 Å². The number of anilines is 1. The summed E-state index contributed by atoms with van der Waals surface area (Å²) in [5, 5.41) is 12.6. The highest BCUT2D eigenvalue weighted by Crippen LogP contribution is 2.25. The van der Waals surface area contributed by atoms with Crippen molar-refractivity contribution in [3.63, 3.8) is 0 Å². The number of nitrogens with zero attached hydrogens (tertiary/aromatic N) is 2. The van der Waals surface area contributed by atoms with Crippen molar-refractivity contribution < 1.29 is 14.7 Å². The molecule has 1 atom stereocenters. The highest BCUT2D eigenvalue weighted by atomic mass is 16.4. The molecule has 1 unspecified atom stereocenters. The van der Waals surface area contributed by atoms with Crippen LogP contribution in [0.5, 0.6) is 0 Å². The fraction of sp³-hybridized carbons (Fsp3) is 0.636. The number of nitrogens with one attached hydrogen (secondary N) is 1. The van der Waals surface area contributed by atoms with E-state index in [1.54, 1.807) is 0 Å². The van der Waals surface area contributed by atoms with E-state index in [9.17, 15) is 9.59 Å². The molecule has 1 aromatic rings. The van der Waals surface area contributed by atoms with Crippen LogP contribution in [0, 0.1) is 0 Å². The summed E-state index contributed by atoms with van der Waals surface area (Å²) >= 11 is 0. The molecule has 1 heterocycles. The molecule has 6 nitrogen and oxygen atoms in total. The van der Waals surface area contributed by atoms with Gasteiger partial charge in [-0.05, 0) is 51.3 Å². The molecule has 1 aliphatic carbocycles. The van der Waals surface area contributed by atoms with Crippen LogP contribution in [0.3, 0.4) is 0 Å². The molecule has 2 N–H and O–H groups in total. The number of hydrogen-bond acceptors (Lipinski definition) is 4. The number of hydrogen-bond donors (Lipinski definition) is 2. The smallest absolute Gasteiger partial charge is 0.317 e. The lowest BCUT2D eigenvalue weighted by Gasteiger charge is -2.27. The maximum atomic E-state index is 13.2. The van der Waals surface area contributed by atoms with Crippen LogP contribution in [0.4, 0.5) is 5.69 Å². The molecule has 0 aromatic heterocycles. The van der Waals surface area contributed by atoms with Crippen LogP contribution in [0.25, 0.3) is 0 Å². The summed E-state index contributed by atoms with van der Waals surface area (Å²) in [5.41, 5.74) is 1.70. The first-order valence-electron chi connectivity index (χ1n) is 10.6. The second kappa shape index (κ2) is 9.92. The number of carboxylic acid groups (broad SMARTS) is 1. The summed E-state index contributed by atoms with van der Waals surface area (Å²) in [6.45, 7) is 1.45. The maximum absolute atomic E-state index is 13.2. The third kappa shape index (κ3) is 5.47. The van der Waals surface area contributed by atoms with Gasteiger partial charge in [0.25, 0.3) is 5.91 Å². The first-order valence-corrected chi connectivity index (χ1v) is 10.6. The Balaban J connectivity index is 1.64. The number of aliphatic carboxylic acids is 1. The maximum Gasteiger partial charge on any atom is 0.317 e. The number of benzene rings is 1. The van der Waals surface area contributed by atoms with Gasteiger partial charge < -0.3 is 15.3 Å². The quantitative estimate of drug-likeness (QED) is 0.782. The van der Waals surface area contributed by atoms with E-state index in [2.05, 4.69) is 5.32 Å². The monoisotopic (exact) mass is 387 g/mol. The summed E-state index contributed by atoms with van der Waals surface area (Å²) in [4.78, 5) is 28.1. The molecule has 1 saturated carbocycles. The summed E-state index contributed by atoms with van der Waals surface area (Å²) in [5.74, 6) is -0.720. The van der Waals surface area contributed by atoms with Crippen molar-refractivity contribution >= 4 is 17.6 Å². The number of likely N-dealkylation sites (tertiary alicyclic amines) is 1. The van der Waals surface area contributed by atoms with Crippen molar-refractivity contribution in [2.24, 2.45) is 0 Å². The Morgan fingerprint density at radius 2 is 1.82 bits per heavy atom. The van der Waals surface area contributed by atoms with Gasteiger partial charge in [0, 0.05) is 30.9 Å². The van der Waals surface area contributed by atoms with Crippen LogP contribution in [0.15, 0.2) is 24.3 Å². The van der Waals surface area contributed by atoms with Gasteiger partial charge in [0.15, 0.2) is 0 Å². The third-order valence-corrected chi connectivity index (χ3v) is 6.12. The number of carbonyl (C=O) groups excluding carboxylic acids is 1. The van der Waals surface area contributed by atoms with E-state index in [4.69, 9.17) is 5.11 Å². The molecular formula is C22H33N3O3. The number of amides is 1. The second-order valence-electron chi connectivity index (χ2n) is 8.21. The number of likely N-dealkylation sites (N-methyl/N-ethyl adjacent to an activating group) is 1. The van der Waals surface area contributed by atoms with Gasteiger partial charge >= 0.3 is 5.97 Å². The minimum atomic E-state index is -0.803. The predicted molar refractivity (Wildman–Crippen MR) is 111 cm³/mol. The van der Waals surface area contributed by atoms with Gasteiger partial charge in [-0.2, -0.15) is 0 Å². The van der Waals surface area contributed by atoms with Gasteiger partial charge in [0.1, 0.15) is 0 Å². The molecule has 1 aliphatic heterocycles. The zero-order valence-corrected chi connectivity index (χ0v) is 16.9. The number of carboxylic acids is 1. The third-order valence-electron chi connectivity index (χ3n) is 6.12. The Kier molecular flexibility index (Phi) is 7.31. The standard InChI is InChI=1S/C22H33N3O3/c1-24(16-21(26)27)18-10-7-14-25(15-13-18)22(28)19-11-5-6-12-20(19)23-17-8-3-2-4-9-17/h5-6,11-12,17-18,23H,2-4,7-10,13-16H2,1H3,(H,26,27). The van der Waals surface area contributed by atoms with E-state index in [1.807, 2.05) is 41.1 Å². The molecule has 0 radical (unpaired) electrons. The molecule has 6 heteroatoms. The number of carbonyl (C=O) groups is 2. The van der Waals surface area contributed by atoms with Gasteiger partial charge in [-0.25, -0.2) is 0 Å². The lowest BCUT2D eigenvalue weighted by Crippen LogP contribution is -2.37. The molecular weight excluding hydrogens is 354 g/mol. The minimum Gasteiger partial charge on any atom is -0.480 e. The van der Waals surface area contributed by atoms with Crippen LogP contribution >= 0.6 is 0 Å². The van der Waals surface area contributed by atoms with Crippen LogP contribution in [0.2, 0.25) is 0 Å². The van der Waals surface area contributed by atoms with Gasteiger partial charge in [-0.3, -0.25) is 14.5 Å². The van der Waals surface area contributed by atoms with Crippen molar-refractivity contribution in [3.8, 4) is 0 Å².